The monoisotopic (exact) mass is 556 g/mol. The van der Waals surface area contributed by atoms with Crippen LogP contribution in [0.15, 0.2) is 53.6 Å². The highest BCUT2D eigenvalue weighted by atomic mass is 35.5. The maximum atomic E-state index is 13.6. The number of anilines is 2. The Morgan fingerprint density at radius 1 is 1.19 bits per heavy atom. The van der Waals surface area contributed by atoms with Gasteiger partial charge in [0.15, 0.2) is 5.15 Å². The molecule has 2 aromatic carbocycles. The summed E-state index contributed by atoms with van der Waals surface area (Å²) in [7, 11) is -2.81. The summed E-state index contributed by atoms with van der Waals surface area (Å²) in [5.41, 5.74) is 1.40. The molecule has 1 heterocycles. The van der Waals surface area contributed by atoms with Crippen LogP contribution in [0.4, 0.5) is 11.4 Å². The van der Waals surface area contributed by atoms with Gasteiger partial charge in [-0.05, 0) is 36.8 Å². The second-order valence-electron chi connectivity index (χ2n) is 7.66. The predicted octanol–water partition coefficient (Wildman–Crippen LogP) is 3.14. The van der Waals surface area contributed by atoms with Crippen molar-refractivity contribution in [2.45, 2.75) is 17.9 Å². The van der Waals surface area contributed by atoms with Crippen LogP contribution in [0.25, 0.3) is 0 Å². The van der Waals surface area contributed by atoms with E-state index in [1.165, 1.54) is 31.5 Å². The van der Waals surface area contributed by atoms with Crippen LogP contribution in [-0.2, 0) is 10.0 Å². The molecule has 3 aromatic rings. The normalized spacial score (nSPS) is 12.2. The zero-order chi connectivity index (χ0) is 26.3. The molecule has 1 aromatic heterocycles. The molecule has 0 bridgehead atoms. The van der Waals surface area contributed by atoms with Crippen LogP contribution in [-0.4, -0.2) is 68.3 Å². The Bertz CT molecular complexity index is 1280. The van der Waals surface area contributed by atoms with E-state index in [9.17, 15) is 18.6 Å². The number of aryl methyl sites for hydroxylation is 1. The fourth-order valence-corrected chi connectivity index (χ4v) is 5.45. The Hall–Kier alpha value is -2.83. The second-order valence-corrected chi connectivity index (χ2v) is 10.3. The molecule has 1 unspecified atom stereocenters. The Morgan fingerprint density at radius 3 is 2.64 bits per heavy atom. The zero-order valence-electron chi connectivity index (χ0n) is 19.6. The standard InChI is InChI=1S/C23H26Cl2N4O6S/c1-15-9-16(11-18(10-15)35-8-7-26-22-19(24)12-27-28-23(22)25)29(13-17(31)14-30)36(32,33)21-6-4-3-5-20(21)34-2/h3-6,9-12,17,30-31H,7-8,13-14H2,1-2H3,(H,26,27). The molecule has 3 rings (SSSR count). The number of benzene rings is 2. The lowest BCUT2D eigenvalue weighted by Crippen LogP contribution is -2.39. The van der Waals surface area contributed by atoms with Crippen molar-refractivity contribution in [1.82, 2.24) is 10.2 Å². The van der Waals surface area contributed by atoms with Crippen LogP contribution in [0, 0.1) is 6.92 Å². The maximum Gasteiger partial charge on any atom is 0.268 e. The minimum absolute atomic E-state index is 0.0782. The minimum atomic E-state index is -4.18. The molecule has 0 radical (unpaired) electrons. The fourth-order valence-electron chi connectivity index (χ4n) is 3.34. The molecular formula is C23H26Cl2N4O6S. The first-order valence-electron chi connectivity index (χ1n) is 10.8. The number of sulfonamides is 1. The van der Waals surface area contributed by atoms with Gasteiger partial charge in [-0.3, -0.25) is 4.31 Å². The SMILES string of the molecule is COc1ccccc1S(=O)(=O)N(CC(O)CO)c1cc(C)cc(OCCNc2c(Cl)cnnc2Cl)c1. The number of aliphatic hydroxyl groups excluding tert-OH is 2. The number of methoxy groups -OCH3 is 1. The Labute approximate surface area is 219 Å². The number of rotatable bonds is 12. The molecule has 0 aliphatic carbocycles. The van der Waals surface area contributed by atoms with Crippen LogP contribution in [0.5, 0.6) is 11.5 Å². The predicted molar refractivity (Wildman–Crippen MR) is 138 cm³/mol. The third-order valence-corrected chi connectivity index (χ3v) is 7.37. The van der Waals surface area contributed by atoms with Gasteiger partial charge in [0.2, 0.25) is 0 Å². The Morgan fingerprint density at radius 2 is 1.94 bits per heavy atom. The third-order valence-electron chi connectivity index (χ3n) is 4.98. The van der Waals surface area contributed by atoms with Crippen LogP contribution in [0.1, 0.15) is 5.56 Å². The van der Waals surface area contributed by atoms with Crippen molar-refractivity contribution in [2.75, 3.05) is 43.0 Å². The highest BCUT2D eigenvalue weighted by molar-refractivity contribution is 7.93. The summed E-state index contributed by atoms with van der Waals surface area (Å²) in [6.45, 7) is 1.30. The van der Waals surface area contributed by atoms with E-state index >= 15 is 0 Å². The molecule has 194 valence electrons. The summed E-state index contributed by atoms with van der Waals surface area (Å²) < 4.78 is 39.4. The first-order chi connectivity index (χ1) is 17.2. The van der Waals surface area contributed by atoms with E-state index < -0.39 is 22.7 Å². The number of hydrogen-bond acceptors (Lipinski definition) is 9. The van der Waals surface area contributed by atoms with Gasteiger partial charge in [0.25, 0.3) is 10.0 Å². The highest BCUT2D eigenvalue weighted by Crippen LogP contribution is 2.33. The topological polar surface area (TPSA) is 134 Å². The molecule has 13 heteroatoms. The lowest BCUT2D eigenvalue weighted by atomic mass is 10.2. The van der Waals surface area contributed by atoms with Gasteiger partial charge in [-0.2, -0.15) is 5.10 Å². The van der Waals surface area contributed by atoms with Crippen LogP contribution in [0.2, 0.25) is 10.2 Å². The molecule has 36 heavy (non-hydrogen) atoms. The summed E-state index contributed by atoms with van der Waals surface area (Å²) in [5, 5.41) is 30.4. The molecule has 0 fully saturated rings. The zero-order valence-corrected chi connectivity index (χ0v) is 21.9. The van der Waals surface area contributed by atoms with Crippen molar-refractivity contribution in [3.63, 3.8) is 0 Å². The molecule has 0 aliphatic heterocycles. The molecule has 0 saturated heterocycles. The largest absolute Gasteiger partial charge is 0.495 e. The molecule has 10 nitrogen and oxygen atoms in total. The molecule has 0 spiro atoms. The maximum absolute atomic E-state index is 13.6. The van der Waals surface area contributed by atoms with Crippen LogP contribution in [0.3, 0.4) is 0 Å². The van der Waals surface area contributed by atoms with E-state index in [0.29, 0.717) is 23.0 Å². The number of aromatic nitrogens is 2. The van der Waals surface area contributed by atoms with Crippen molar-refractivity contribution < 1.29 is 28.1 Å². The van der Waals surface area contributed by atoms with Gasteiger partial charge in [-0.25, -0.2) is 8.42 Å². The van der Waals surface area contributed by atoms with E-state index in [1.54, 1.807) is 31.2 Å². The van der Waals surface area contributed by atoms with Gasteiger partial charge < -0.3 is 25.0 Å². The average molecular weight is 557 g/mol. The Balaban J connectivity index is 1.86. The minimum Gasteiger partial charge on any atom is -0.495 e. The van der Waals surface area contributed by atoms with Gasteiger partial charge in [-0.15, -0.1) is 5.10 Å². The number of aliphatic hydroxyl groups is 2. The van der Waals surface area contributed by atoms with Crippen LogP contribution < -0.4 is 19.1 Å². The van der Waals surface area contributed by atoms with E-state index in [4.69, 9.17) is 32.7 Å². The van der Waals surface area contributed by atoms with E-state index in [2.05, 4.69) is 15.5 Å². The molecule has 1 atom stereocenters. The summed E-state index contributed by atoms with van der Waals surface area (Å²) in [4.78, 5) is -0.0782. The quantitative estimate of drug-likeness (QED) is 0.287. The number of hydrogen-bond donors (Lipinski definition) is 3. The summed E-state index contributed by atoms with van der Waals surface area (Å²) in [5.74, 6) is 0.551. The van der Waals surface area contributed by atoms with Crippen molar-refractivity contribution in [1.29, 1.82) is 0 Å². The van der Waals surface area contributed by atoms with Crippen molar-refractivity contribution in [2.24, 2.45) is 0 Å². The van der Waals surface area contributed by atoms with Gasteiger partial charge in [0.05, 0.1) is 49.0 Å². The number of nitrogens with one attached hydrogen (secondary N) is 1. The van der Waals surface area contributed by atoms with Crippen molar-refractivity contribution >= 4 is 44.6 Å². The molecular weight excluding hydrogens is 531 g/mol. The lowest BCUT2D eigenvalue weighted by Gasteiger charge is -2.27. The van der Waals surface area contributed by atoms with Gasteiger partial charge >= 0.3 is 0 Å². The van der Waals surface area contributed by atoms with E-state index in [0.717, 1.165) is 9.87 Å². The smallest absolute Gasteiger partial charge is 0.268 e. The molecule has 0 aliphatic rings. The fraction of sp³-hybridized carbons (Fsp3) is 0.304. The van der Waals surface area contributed by atoms with Crippen molar-refractivity contribution in [3.8, 4) is 11.5 Å². The molecule has 0 saturated carbocycles. The average Bonchev–Trinajstić information content (AvgIpc) is 2.85. The number of para-hydroxylation sites is 1. The highest BCUT2D eigenvalue weighted by Gasteiger charge is 2.30. The Kier molecular flexibility index (Phi) is 9.57. The number of nitrogens with zero attached hydrogens (tertiary/aromatic N) is 3. The van der Waals surface area contributed by atoms with Crippen molar-refractivity contribution in [3.05, 3.63) is 64.4 Å². The van der Waals surface area contributed by atoms with Gasteiger partial charge in [-0.1, -0.05) is 35.3 Å². The summed E-state index contributed by atoms with van der Waals surface area (Å²) in [6, 6.07) is 11.1. The molecule has 3 N–H and O–H groups in total. The van der Waals surface area contributed by atoms with Gasteiger partial charge in [0.1, 0.15) is 23.0 Å². The first kappa shape index (κ1) is 27.8. The summed E-state index contributed by atoms with van der Waals surface area (Å²) >= 11 is 12.1. The first-order valence-corrected chi connectivity index (χ1v) is 13.0. The van der Waals surface area contributed by atoms with Gasteiger partial charge in [0, 0.05) is 12.6 Å². The number of ether oxygens (including phenoxy) is 2. The number of halogens is 2. The van der Waals surface area contributed by atoms with E-state index in [1.807, 2.05) is 0 Å². The second kappa shape index (κ2) is 12.4. The summed E-state index contributed by atoms with van der Waals surface area (Å²) in [6.07, 6.45) is 0.0492. The lowest BCUT2D eigenvalue weighted by molar-refractivity contribution is 0.102. The molecule has 0 amide bonds. The van der Waals surface area contributed by atoms with Crippen LogP contribution >= 0.6 is 23.2 Å². The third kappa shape index (κ3) is 6.68. The van der Waals surface area contributed by atoms with E-state index in [-0.39, 0.29) is 34.6 Å².